The molecule has 3 aliphatic heterocycles. The van der Waals surface area contributed by atoms with Gasteiger partial charge in [0, 0.05) is 14.1 Å². The van der Waals surface area contributed by atoms with Crippen LogP contribution in [0.25, 0.3) is 0 Å². The molecule has 0 bridgehead atoms. The Morgan fingerprint density at radius 1 is 1.27 bits per heavy atom. The third-order valence-corrected chi connectivity index (χ3v) is 4.34. The molecule has 2 saturated heterocycles. The Morgan fingerprint density at radius 3 is 2.55 bits per heavy atom. The van der Waals surface area contributed by atoms with Crippen LogP contribution in [-0.4, -0.2) is 106 Å². The number of carbonyl (C=O) groups excluding carboxylic acids is 2. The lowest BCUT2D eigenvalue weighted by atomic mass is 10.1. The Kier molecular flexibility index (Phi) is 3.56. The molecule has 0 aromatic heterocycles. The van der Waals surface area contributed by atoms with Crippen LogP contribution < -0.4 is 0 Å². The monoisotopic (exact) mass is 314 g/mol. The Hall–Kier alpha value is -1.75. The number of nitrogens with zero attached hydrogens (tertiary/aromatic N) is 4. The van der Waals surface area contributed by atoms with E-state index < -0.39 is 55.3 Å². The number of hydrogen-bond acceptors (Lipinski definition) is 8. The van der Waals surface area contributed by atoms with Gasteiger partial charge in [-0.25, -0.2) is 9.79 Å². The van der Waals surface area contributed by atoms with E-state index >= 15 is 0 Å². The minimum atomic E-state index is -1.30. The van der Waals surface area contributed by atoms with Crippen molar-refractivity contribution in [3.05, 3.63) is 0 Å². The van der Waals surface area contributed by atoms with E-state index in [1.54, 1.807) is 0 Å². The number of carbonyl (C=O) groups is 2. The predicted octanol–water partition coefficient (Wildman–Crippen LogP) is -3.01. The molecule has 0 unspecified atom stereocenters. The summed E-state index contributed by atoms with van der Waals surface area (Å²) in [5, 5.41) is 29.1. The van der Waals surface area contributed by atoms with Crippen molar-refractivity contribution < 1.29 is 29.6 Å². The Bertz CT molecular complexity index is 528. The Balaban J connectivity index is 1.87. The number of ether oxygens (including phenoxy) is 1. The molecular weight excluding hydrogens is 296 g/mol. The number of amides is 3. The highest BCUT2D eigenvalue weighted by Gasteiger charge is 2.54. The zero-order valence-corrected chi connectivity index (χ0v) is 12.1. The van der Waals surface area contributed by atoms with Crippen molar-refractivity contribution in [2.24, 2.45) is 4.99 Å². The summed E-state index contributed by atoms with van der Waals surface area (Å²) in [6.07, 6.45) is -3.91. The second kappa shape index (κ2) is 5.16. The highest BCUT2D eigenvalue weighted by Crippen LogP contribution is 2.31. The van der Waals surface area contributed by atoms with Crippen molar-refractivity contribution in [3.8, 4) is 0 Å². The summed E-state index contributed by atoms with van der Waals surface area (Å²) in [5.74, 6) is -0.469. The first-order valence-electron chi connectivity index (χ1n) is 6.86. The van der Waals surface area contributed by atoms with E-state index in [0.717, 1.165) is 4.90 Å². The SMILES string of the molecule is CN1C(=O)[C@@H]2[C@H](N=CN2[C@@H]2O[C@H](CO)[C@H](O)[C@H]2O)N(C)C1=O. The van der Waals surface area contributed by atoms with Crippen molar-refractivity contribution in [2.45, 2.75) is 36.7 Å². The quantitative estimate of drug-likeness (QED) is 0.495. The van der Waals surface area contributed by atoms with Gasteiger partial charge in [0.05, 0.1) is 12.9 Å². The van der Waals surface area contributed by atoms with E-state index in [1.165, 1.54) is 30.2 Å². The summed E-state index contributed by atoms with van der Waals surface area (Å²) >= 11 is 0. The van der Waals surface area contributed by atoms with Gasteiger partial charge in [-0.3, -0.25) is 9.69 Å². The third-order valence-electron chi connectivity index (χ3n) is 4.34. The largest absolute Gasteiger partial charge is 0.394 e. The van der Waals surface area contributed by atoms with Gasteiger partial charge in [0.1, 0.15) is 18.3 Å². The summed E-state index contributed by atoms with van der Waals surface area (Å²) in [6, 6.07) is -1.30. The molecule has 0 aromatic rings. The maximum Gasteiger partial charge on any atom is 0.328 e. The normalized spacial score (nSPS) is 41.6. The predicted molar refractivity (Wildman–Crippen MR) is 71.6 cm³/mol. The van der Waals surface area contributed by atoms with Gasteiger partial charge in [-0.2, -0.15) is 0 Å². The second-order valence-corrected chi connectivity index (χ2v) is 5.59. The summed E-state index contributed by atoms with van der Waals surface area (Å²) in [4.78, 5) is 32.1. The molecular formula is C12H18N4O6. The minimum absolute atomic E-state index is 0.458. The van der Waals surface area contributed by atoms with Crippen molar-refractivity contribution in [1.82, 2.24) is 14.7 Å². The molecule has 10 nitrogen and oxygen atoms in total. The highest BCUT2D eigenvalue weighted by atomic mass is 16.6. The number of urea groups is 1. The first-order valence-corrected chi connectivity index (χ1v) is 6.86. The molecule has 3 amide bonds. The van der Waals surface area contributed by atoms with Gasteiger partial charge in [-0.15, -0.1) is 0 Å². The van der Waals surface area contributed by atoms with Gasteiger partial charge in [-0.1, -0.05) is 0 Å². The minimum Gasteiger partial charge on any atom is -0.394 e. The smallest absolute Gasteiger partial charge is 0.328 e. The standard InChI is InChI=1S/C12H18N4O6/c1-14-9-6(10(20)15(2)12(14)21)16(4-13-9)11-8(19)7(18)5(3-17)22-11/h4-9,11,17-19H,3H2,1-2H3/t5-,6+,7+,8-,9-,11-/m1/s1. The molecule has 22 heavy (non-hydrogen) atoms. The maximum absolute atomic E-state index is 12.4. The van der Waals surface area contributed by atoms with E-state index in [9.17, 15) is 19.8 Å². The van der Waals surface area contributed by atoms with E-state index in [-0.39, 0.29) is 0 Å². The average molecular weight is 314 g/mol. The lowest BCUT2D eigenvalue weighted by Crippen LogP contribution is -2.65. The molecule has 3 heterocycles. The number of fused-ring (bicyclic) bond motifs is 1. The van der Waals surface area contributed by atoms with Crippen LogP contribution in [0.1, 0.15) is 0 Å². The van der Waals surface area contributed by atoms with Crippen LogP contribution >= 0.6 is 0 Å². The first kappa shape index (κ1) is 15.2. The van der Waals surface area contributed by atoms with Crippen LogP contribution in [0.15, 0.2) is 4.99 Å². The second-order valence-electron chi connectivity index (χ2n) is 5.59. The van der Waals surface area contributed by atoms with Crippen LogP contribution in [0.4, 0.5) is 4.79 Å². The third kappa shape index (κ3) is 1.92. The molecule has 2 fully saturated rings. The van der Waals surface area contributed by atoms with Gasteiger partial charge in [0.15, 0.2) is 18.4 Å². The maximum atomic E-state index is 12.4. The van der Waals surface area contributed by atoms with E-state index in [0.29, 0.717) is 0 Å². The number of imide groups is 1. The molecule has 3 N–H and O–H groups in total. The van der Waals surface area contributed by atoms with Crippen LogP contribution in [0.2, 0.25) is 0 Å². The molecule has 0 radical (unpaired) electrons. The van der Waals surface area contributed by atoms with Crippen LogP contribution in [0.5, 0.6) is 0 Å². The van der Waals surface area contributed by atoms with Crippen molar-refractivity contribution >= 4 is 18.3 Å². The number of hydrogen-bond donors (Lipinski definition) is 3. The summed E-state index contributed by atoms with van der Waals surface area (Å²) in [5.41, 5.74) is 0. The number of aliphatic hydroxyl groups excluding tert-OH is 3. The molecule has 3 rings (SSSR count). The highest BCUT2D eigenvalue weighted by molar-refractivity contribution is 6.01. The van der Waals surface area contributed by atoms with Gasteiger partial charge >= 0.3 is 6.03 Å². The van der Waals surface area contributed by atoms with Crippen molar-refractivity contribution in [3.63, 3.8) is 0 Å². The van der Waals surface area contributed by atoms with E-state index in [1.807, 2.05) is 0 Å². The lowest BCUT2D eigenvalue weighted by molar-refractivity contribution is -0.144. The molecule has 0 aliphatic carbocycles. The van der Waals surface area contributed by atoms with Gasteiger partial charge in [0.2, 0.25) is 0 Å². The first-order chi connectivity index (χ1) is 10.4. The molecule has 0 spiro atoms. The summed E-state index contributed by atoms with van der Waals surface area (Å²) in [6.45, 7) is -0.458. The summed E-state index contributed by atoms with van der Waals surface area (Å²) < 4.78 is 5.42. The fraction of sp³-hybridized carbons (Fsp3) is 0.750. The number of aliphatic hydroxyl groups is 3. The van der Waals surface area contributed by atoms with Gasteiger partial charge < -0.3 is 29.9 Å². The molecule has 122 valence electrons. The summed E-state index contributed by atoms with van der Waals surface area (Å²) in [7, 11) is 2.90. The molecule has 0 saturated carbocycles. The number of rotatable bonds is 2. The molecule has 0 aromatic carbocycles. The Morgan fingerprint density at radius 2 is 1.95 bits per heavy atom. The van der Waals surface area contributed by atoms with Crippen molar-refractivity contribution in [1.29, 1.82) is 0 Å². The van der Waals surface area contributed by atoms with E-state index in [4.69, 9.17) is 9.84 Å². The fourth-order valence-corrected chi connectivity index (χ4v) is 3.01. The molecule has 3 aliphatic rings. The molecule has 6 atom stereocenters. The van der Waals surface area contributed by atoms with Crippen LogP contribution in [0.3, 0.4) is 0 Å². The van der Waals surface area contributed by atoms with Gasteiger partial charge in [-0.05, 0) is 0 Å². The lowest BCUT2D eigenvalue weighted by Gasteiger charge is -2.41. The number of aliphatic imine (C=N–C) groups is 1. The van der Waals surface area contributed by atoms with Gasteiger partial charge in [0.25, 0.3) is 5.91 Å². The fourth-order valence-electron chi connectivity index (χ4n) is 3.01. The molecule has 10 heteroatoms. The van der Waals surface area contributed by atoms with Crippen LogP contribution in [-0.2, 0) is 9.53 Å². The Labute approximate surface area is 126 Å². The van der Waals surface area contributed by atoms with E-state index in [2.05, 4.69) is 4.99 Å². The topological polar surface area (TPSA) is 126 Å². The zero-order valence-electron chi connectivity index (χ0n) is 12.1. The average Bonchev–Trinajstić information content (AvgIpc) is 3.06. The number of likely N-dealkylation sites (N-methyl/N-ethyl adjacent to an activating group) is 2. The van der Waals surface area contributed by atoms with Crippen LogP contribution in [0, 0.1) is 0 Å². The van der Waals surface area contributed by atoms with Crippen molar-refractivity contribution in [2.75, 3.05) is 20.7 Å². The zero-order chi connectivity index (χ0) is 16.2.